The zero-order chi connectivity index (χ0) is 21.6. The molecule has 0 radical (unpaired) electrons. The van der Waals surface area contributed by atoms with E-state index in [1.54, 1.807) is 0 Å². The SMILES string of the molecule is COCCNS(=O)(=O)c1cccc(C(=O)N(C)C(C(N)=O)c2cccc(F)c2)c1. The van der Waals surface area contributed by atoms with Crippen molar-refractivity contribution < 1.29 is 27.1 Å². The third kappa shape index (κ3) is 5.59. The van der Waals surface area contributed by atoms with Crippen molar-refractivity contribution in [2.45, 2.75) is 10.9 Å². The molecule has 3 N–H and O–H groups in total. The molecule has 1 atom stereocenters. The van der Waals surface area contributed by atoms with Crippen LogP contribution in [0.4, 0.5) is 4.39 Å². The Morgan fingerprint density at radius 1 is 1.21 bits per heavy atom. The molecule has 1 unspecified atom stereocenters. The second-order valence-corrected chi connectivity index (χ2v) is 7.96. The third-order valence-electron chi connectivity index (χ3n) is 4.13. The van der Waals surface area contributed by atoms with E-state index in [0.717, 1.165) is 11.0 Å². The summed E-state index contributed by atoms with van der Waals surface area (Å²) in [6, 6.07) is 9.32. The second kappa shape index (κ2) is 9.59. The number of nitrogens with zero attached hydrogens (tertiary/aromatic N) is 1. The number of halogens is 1. The summed E-state index contributed by atoms with van der Waals surface area (Å²) in [5.41, 5.74) is 5.67. The lowest BCUT2D eigenvalue weighted by Crippen LogP contribution is -2.39. The highest BCUT2D eigenvalue weighted by Gasteiger charge is 2.28. The van der Waals surface area contributed by atoms with Crippen LogP contribution in [0.2, 0.25) is 0 Å². The van der Waals surface area contributed by atoms with Gasteiger partial charge in [0, 0.05) is 26.3 Å². The molecule has 29 heavy (non-hydrogen) atoms. The number of amides is 2. The molecule has 0 aliphatic rings. The number of hydrogen-bond acceptors (Lipinski definition) is 5. The van der Waals surface area contributed by atoms with Gasteiger partial charge in [0.15, 0.2) is 0 Å². The minimum absolute atomic E-state index is 0.0322. The lowest BCUT2D eigenvalue weighted by molar-refractivity contribution is -0.122. The first-order valence-electron chi connectivity index (χ1n) is 8.58. The summed E-state index contributed by atoms with van der Waals surface area (Å²) in [4.78, 5) is 25.8. The van der Waals surface area contributed by atoms with E-state index in [-0.39, 0.29) is 29.2 Å². The van der Waals surface area contributed by atoms with Gasteiger partial charge in [-0.05, 0) is 35.9 Å². The van der Waals surface area contributed by atoms with Gasteiger partial charge < -0.3 is 15.4 Å². The molecule has 2 aromatic carbocycles. The number of primary amides is 1. The van der Waals surface area contributed by atoms with Crippen LogP contribution in [-0.4, -0.2) is 52.4 Å². The fourth-order valence-corrected chi connectivity index (χ4v) is 3.79. The molecular weight excluding hydrogens is 401 g/mol. The Balaban J connectivity index is 2.32. The van der Waals surface area contributed by atoms with Crippen LogP contribution in [0.15, 0.2) is 53.4 Å². The van der Waals surface area contributed by atoms with E-state index in [9.17, 15) is 22.4 Å². The van der Waals surface area contributed by atoms with Crippen molar-refractivity contribution in [3.8, 4) is 0 Å². The Bertz CT molecular complexity index is 997. The molecule has 0 aliphatic carbocycles. The molecule has 0 fully saturated rings. The number of benzene rings is 2. The lowest BCUT2D eigenvalue weighted by Gasteiger charge is -2.26. The van der Waals surface area contributed by atoms with Gasteiger partial charge in [0.2, 0.25) is 15.9 Å². The van der Waals surface area contributed by atoms with Crippen LogP contribution >= 0.6 is 0 Å². The smallest absolute Gasteiger partial charge is 0.254 e. The molecule has 8 nitrogen and oxygen atoms in total. The summed E-state index contributed by atoms with van der Waals surface area (Å²) in [6.07, 6.45) is 0. The van der Waals surface area contributed by atoms with Gasteiger partial charge in [-0.15, -0.1) is 0 Å². The maximum atomic E-state index is 13.6. The quantitative estimate of drug-likeness (QED) is 0.585. The topological polar surface area (TPSA) is 119 Å². The molecule has 2 amide bonds. The minimum Gasteiger partial charge on any atom is -0.383 e. The van der Waals surface area contributed by atoms with Crippen molar-refractivity contribution in [2.24, 2.45) is 5.73 Å². The third-order valence-corrected chi connectivity index (χ3v) is 5.59. The Morgan fingerprint density at radius 3 is 2.52 bits per heavy atom. The Hall–Kier alpha value is -2.82. The molecule has 2 aromatic rings. The number of sulfonamides is 1. The summed E-state index contributed by atoms with van der Waals surface area (Å²) >= 11 is 0. The first-order valence-corrected chi connectivity index (χ1v) is 10.1. The largest absolute Gasteiger partial charge is 0.383 e. The van der Waals surface area contributed by atoms with E-state index >= 15 is 0 Å². The summed E-state index contributed by atoms with van der Waals surface area (Å²) in [6.45, 7) is 0.259. The molecule has 0 bridgehead atoms. The summed E-state index contributed by atoms with van der Waals surface area (Å²) in [5, 5.41) is 0. The maximum Gasteiger partial charge on any atom is 0.254 e. The average Bonchev–Trinajstić information content (AvgIpc) is 2.67. The van der Waals surface area contributed by atoms with Crippen LogP contribution in [0.1, 0.15) is 22.0 Å². The lowest BCUT2D eigenvalue weighted by atomic mass is 10.0. The van der Waals surface area contributed by atoms with Crippen molar-refractivity contribution in [3.63, 3.8) is 0 Å². The van der Waals surface area contributed by atoms with E-state index in [1.807, 2.05) is 0 Å². The number of carbonyl (C=O) groups excluding carboxylic acids is 2. The second-order valence-electron chi connectivity index (χ2n) is 6.19. The van der Waals surface area contributed by atoms with Gasteiger partial charge in [-0.3, -0.25) is 9.59 Å². The standard InChI is InChI=1S/C19H22FN3O5S/c1-23(17(18(21)24)13-5-3-7-15(20)11-13)19(25)14-6-4-8-16(12-14)29(26,27)22-9-10-28-2/h3-8,11-12,17,22H,9-10H2,1-2H3,(H2,21,24). The number of nitrogens with one attached hydrogen (secondary N) is 1. The van der Waals surface area contributed by atoms with Crippen molar-refractivity contribution in [3.05, 3.63) is 65.5 Å². The molecule has 2 rings (SSSR count). The normalized spacial score (nSPS) is 12.4. The minimum atomic E-state index is -3.85. The van der Waals surface area contributed by atoms with Crippen LogP contribution in [0, 0.1) is 5.82 Å². The van der Waals surface area contributed by atoms with Crippen molar-refractivity contribution in [1.29, 1.82) is 0 Å². The molecule has 0 heterocycles. The Kier molecular flexibility index (Phi) is 7.43. The number of methoxy groups -OCH3 is 1. The Morgan fingerprint density at radius 2 is 1.90 bits per heavy atom. The molecule has 0 saturated heterocycles. The number of nitrogens with two attached hydrogens (primary N) is 1. The zero-order valence-corrected chi connectivity index (χ0v) is 16.8. The molecule has 156 valence electrons. The van der Waals surface area contributed by atoms with Crippen molar-refractivity contribution in [1.82, 2.24) is 9.62 Å². The molecule has 0 aliphatic heterocycles. The van der Waals surface area contributed by atoms with Crippen LogP contribution in [0.25, 0.3) is 0 Å². The van der Waals surface area contributed by atoms with Gasteiger partial charge in [0.05, 0.1) is 11.5 Å². The maximum absolute atomic E-state index is 13.6. The fourth-order valence-electron chi connectivity index (χ4n) is 2.73. The Labute approximate surface area is 168 Å². The molecule has 0 saturated carbocycles. The van der Waals surface area contributed by atoms with Gasteiger partial charge in [-0.1, -0.05) is 18.2 Å². The zero-order valence-electron chi connectivity index (χ0n) is 16.0. The monoisotopic (exact) mass is 423 g/mol. The van der Waals surface area contributed by atoms with Crippen LogP contribution in [0.5, 0.6) is 0 Å². The predicted octanol–water partition coefficient (Wildman–Crippen LogP) is 1.05. The summed E-state index contributed by atoms with van der Waals surface area (Å²) < 4.78 is 45.4. The van der Waals surface area contributed by atoms with E-state index < -0.39 is 33.7 Å². The number of carbonyl (C=O) groups is 2. The van der Waals surface area contributed by atoms with Gasteiger partial charge >= 0.3 is 0 Å². The molecular formula is C19H22FN3O5S. The van der Waals surface area contributed by atoms with Gasteiger partial charge in [0.1, 0.15) is 11.9 Å². The van der Waals surface area contributed by atoms with Crippen LogP contribution < -0.4 is 10.5 Å². The number of hydrogen-bond donors (Lipinski definition) is 2. The number of likely N-dealkylation sites (N-methyl/N-ethyl adjacent to an activating group) is 1. The highest BCUT2D eigenvalue weighted by atomic mass is 32.2. The first kappa shape index (κ1) is 22.5. The molecule has 10 heteroatoms. The van der Waals surface area contributed by atoms with Crippen molar-refractivity contribution >= 4 is 21.8 Å². The summed E-state index contributed by atoms with van der Waals surface area (Å²) in [5.74, 6) is -2.08. The van der Waals surface area contributed by atoms with E-state index in [0.29, 0.717) is 0 Å². The van der Waals surface area contributed by atoms with Gasteiger partial charge in [-0.25, -0.2) is 17.5 Å². The highest BCUT2D eigenvalue weighted by molar-refractivity contribution is 7.89. The average molecular weight is 423 g/mol. The van der Waals surface area contributed by atoms with E-state index in [2.05, 4.69) is 4.72 Å². The molecule has 0 aromatic heterocycles. The van der Waals surface area contributed by atoms with Gasteiger partial charge in [0.25, 0.3) is 5.91 Å². The van der Waals surface area contributed by atoms with Gasteiger partial charge in [-0.2, -0.15) is 0 Å². The molecule has 0 spiro atoms. The van der Waals surface area contributed by atoms with E-state index in [4.69, 9.17) is 10.5 Å². The van der Waals surface area contributed by atoms with Crippen LogP contribution in [-0.2, 0) is 19.6 Å². The van der Waals surface area contributed by atoms with E-state index in [1.165, 1.54) is 56.6 Å². The predicted molar refractivity (Wildman–Crippen MR) is 104 cm³/mol. The number of ether oxygens (including phenoxy) is 1. The fraction of sp³-hybridized carbons (Fsp3) is 0.263. The highest BCUT2D eigenvalue weighted by Crippen LogP contribution is 2.23. The summed E-state index contributed by atoms with van der Waals surface area (Å²) in [7, 11) is -1.07. The first-order chi connectivity index (χ1) is 13.7. The van der Waals surface area contributed by atoms with Crippen molar-refractivity contribution in [2.75, 3.05) is 27.3 Å². The van der Waals surface area contributed by atoms with Crippen LogP contribution in [0.3, 0.4) is 0 Å². The number of rotatable bonds is 9.